The van der Waals surface area contributed by atoms with Crippen LogP contribution in [0.5, 0.6) is 5.75 Å². The fourth-order valence-electron chi connectivity index (χ4n) is 2.45. The van der Waals surface area contributed by atoms with Gasteiger partial charge >= 0.3 is 0 Å². The molecule has 2 aromatic carbocycles. The number of rotatable bonds is 3. The highest BCUT2D eigenvalue weighted by molar-refractivity contribution is 6.33. The number of fused-ring (bicyclic) bond motifs is 1. The number of phenols is 1. The largest absolute Gasteiger partial charge is 0.508 e. The molecule has 0 aliphatic carbocycles. The van der Waals surface area contributed by atoms with E-state index in [1.165, 1.54) is 12.1 Å². The molecule has 0 saturated carbocycles. The first kappa shape index (κ1) is 13.9. The van der Waals surface area contributed by atoms with Crippen LogP contribution in [0.15, 0.2) is 36.4 Å². The van der Waals surface area contributed by atoms with Crippen molar-refractivity contribution in [1.82, 2.24) is 9.55 Å². The Morgan fingerprint density at radius 3 is 2.86 bits per heavy atom. The molecule has 0 bridgehead atoms. The molecular formula is C16H14ClFN2O. The van der Waals surface area contributed by atoms with Crippen LogP contribution in [0.25, 0.3) is 22.4 Å². The third kappa shape index (κ3) is 2.36. The molecule has 0 atom stereocenters. The fraction of sp³-hybridized carbons (Fsp3) is 0.188. The fourth-order valence-corrected chi connectivity index (χ4v) is 2.66. The highest BCUT2D eigenvalue weighted by Gasteiger charge is 2.17. The van der Waals surface area contributed by atoms with Crippen molar-refractivity contribution in [2.75, 3.05) is 0 Å². The molecule has 3 nitrogen and oxygen atoms in total. The molecule has 1 heterocycles. The third-order valence-electron chi connectivity index (χ3n) is 3.37. The number of aromatic nitrogens is 2. The van der Waals surface area contributed by atoms with E-state index in [0.29, 0.717) is 28.5 Å². The van der Waals surface area contributed by atoms with E-state index in [9.17, 15) is 9.50 Å². The molecule has 0 spiro atoms. The van der Waals surface area contributed by atoms with E-state index in [2.05, 4.69) is 4.98 Å². The molecule has 1 aromatic heterocycles. The Balaban J connectivity index is 2.33. The van der Waals surface area contributed by atoms with Crippen LogP contribution in [-0.2, 0) is 6.54 Å². The van der Waals surface area contributed by atoms with Crippen LogP contribution in [0, 0.1) is 5.82 Å². The van der Waals surface area contributed by atoms with Crippen LogP contribution in [0.2, 0.25) is 5.02 Å². The Hall–Kier alpha value is -2.07. The minimum atomic E-state index is -0.361. The molecule has 0 fully saturated rings. The lowest BCUT2D eigenvalue weighted by Gasteiger charge is -2.09. The number of hydrogen-bond donors (Lipinski definition) is 1. The first-order valence-electron chi connectivity index (χ1n) is 6.75. The quantitative estimate of drug-likeness (QED) is 0.767. The number of aromatic hydroxyl groups is 1. The number of phenolic OH excluding ortho intramolecular Hbond substituents is 1. The second kappa shape index (κ2) is 5.37. The summed E-state index contributed by atoms with van der Waals surface area (Å²) in [6.45, 7) is 2.74. The molecule has 0 aliphatic heterocycles. The van der Waals surface area contributed by atoms with Gasteiger partial charge in [0, 0.05) is 12.1 Å². The molecule has 1 N–H and O–H groups in total. The van der Waals surface area contributed by atoms with E-state index in [1.54, 1.807) is 18.2 Å². The van der Waals surface area contributed by atoms with E-state index in [0.717, 1.165) is 11.9 Å². The van der Waals surface area contributed by atoms with Crippen LogP contribution in [0.3, 0.4) is 0 Å². The van der Waals surface area contributed by atoms with Crippen LogP contribution in [0.4, 0.5) is 4.39 Å². The molecule has 21 heavy (non-hydrogen) atoms. The molecule has 108 valence electrons. The topological polar surface area (TPSA) is 38.0 Å². The van der Waals surface area contributed by atoms with Crippen molar-refractivity contribution in [2.24, 2.45) is 0 Å². The van der Waals surface area contributed by atoms with Crippen molar-refractivity contribution in [3.05, 3.63) is 47.2 Å². The Morgan fingerprint density at radius 1 is 1.29 bits per heavy atom. The summed E-state index contributed by atoms with van der Waals surface area (Å²) in [4.78, 5) is 4.40. The smallest absolute Gasteiger partial charge is 0.151 e. The molecule has 0 radical (unpaired) electrons. The van der Waals surface area contributed by atoms with Gasteiger partial charge in [-0.25, -0.2) is 9.37 Å². The summed E-state index contributed by atoms with van der Waals surface area (Å²) in [7, 11) is 0. The normalized spacial score (nSPS) is 11.2. The van der Waals surface area contributed by atoms with Gasteiger partial charge in [-0.2, -0.15) is 0 Å². The SMILES string of the molecule is CCCn1c(-c2cc(O)ccc2Cl)nc2c(F)cccc21. The molecule has 3 aromatic rings. The van der Waals surface area contributed by atoms with Gasteiger partial charge in [-0.05, 0) is 36.8 Å². The van der Waals surface area contributed by atoms with E-state index >= 15 is 0 Å². The van der Waals surface area contributed by atoms with Crippen LogP contribution < -0.4 is 0 Å². The van der Waals surface area contributed by atoms with Crippen molar-refractivity contribution in [2.45, 2.75) is 19.9 Å². The number of para-hydroxylation sites is 1. The number of aryl methyl sites for hydroxylation is 1. The standard InChI is InChI=1S/C16H14ClFN2O/c1-2-8-20-14-5-3-4-13(18)15(14)19-16(20)11-9-10(21)6-7-12(11)17/h3-7,9,21H,2,8H2,1H3. The van der Waals surface area contributed by atoms with Crippen molar-refractivity contribution in [3.8, 4) is 17.1 Å². The van der Waals surface area contributed by atoms with Gasteiger partial charge in [0.2, 0.25) is 0 Å². The zero-order chi connectivity index (χ0) is 15.0. The number of nitrogens with zero attached hydrogens (tertiary/aromatic N) is 2. The predicted molar refractivity (Wildman–Crippen MR) is 82.1 cm³/mol. The van der Waals surface area contributed by atoms with E-state index in [1.807, 2.05) is 17.6 Å². The summed E-state index contributed by atoms with van der Waals surface area (Å²) in [6, 6.07) is 9.56. The minimum absolute atomic E-state index is 0.102. The van der Waals surface area contributed by atoms with Crippen molar-refractivity contribution in [3.63, 3.8) is 0 Å². The highest BCUT2D eigenvalue weighted by Crippen LogP contribution is 2.33. The monoisotopic (exact) mass is 304 g/mol. The van der Waals surface area contributed by atoms with Crippen LogP contribution in [-0.4, -0.2) is 14.7 Å². The average Bonchev–Trinajstić information content (AvgIpc) is 2.82. The van der Waals surface area contributed by atoms with Gasteiger partial charge in [0.05, 0.1) is 10.5 Å². The number of benzene rings is 2. The van der Waals surface area contributed by atoms with Gasteiger partial charge < -0.3 is 9.67 Å². The molecule has 5 heteroatoms. The maximum absolute atomic E-state index is 14.0. The number of imidazole rings is 1. The molecule has 0 unspecified atom stereocenters. The Morgan fingerprint density at radius 2 is 2.10 bits per heavy atom. The van der Waals surface area contributed by atoms with E-state index in [-0.39, 0.29) is 11.6 Å². The Kier molecular flexibility index (Phi) is 3.55. The molecule has 0 saturated heterocycles. The zero-order valence-corrected chi connectivity index (χ0v) is 12.2. The summed E-state index contributed by atoms with van der Waals surface area (Å²) in [5.74, 6) is 0.308. The maximum atomic E-state index is 14.0. The van der Waals surface area contributed by atoms with Crippen LogP contribution in [0.1, 0.15) is 13.3 Å². The average molecular weight is 305 g/mol. The van der Waals surface area contributed by atoms with Gasteiger partial charge in [0.25, 0.3) is 0 Å². The molecule has 0 aliphatic rings. The first-order valence-corrected chi connectivity index (χ1v) is 7.13. The first-order chi connectivity index (χ1) is 10.1. The summed E-state index contributed by atoms with van der Waals surface area (Å²) in [6.07, 6.45) is 0.880. The maximum Gasteiger partial charge on any atom is 0.151 e. The lowest BCUT2D eigenvalue weighted by molar-refractivity contribution is 0.475. The summed E-state index contributed by atoms with van der Waals surface area (Å²) >= 11 is 6.21. The van der Waals surface area contributed by atoms with Gasteiger partial charge in [-0.15, -0.1) is 0 Å². The third-order valence-corrected chi connectivity index (χ3v) is 3.70. The Labute approximate surface area is 126 Å². The number of halogens is 2. The van der Waals surface area contributed by atoms with Crippen molar-refractivity contribution in [1.29, 1.82) is 0 Å². The summed E-state index contributed by atoms with van der Waals surface area (Å²) in [5, 5.41) is 10.2. The number of hydrogen-bond acceptors (Lipinski definition) is 2. The van der Waals surface area contributed by atoms with Crippen LogP contribution >= 0.6 is 11.6 Å². The van der Waals surface area contributed by atoms with E-state index < -0.39 is 0 Å². The van der Waals surface area contributed by atoms with Crippen molar-refractivity contribution >= 4 is 22.6 Å². The minimum Gasteiger partial charge on any atom is -0.508 e. The van der Waals surface area contributed by atoms with Crippen molar-refractivity contribution < 1.29 is 9.50 Å². The lowest BCUT2D eigenvalue weighted by atomic mass is 10.2. The van der Waals surface area contributed by atoms with Gasteiger partial charge in [-0.1, -0.05) is 24.6 Å². The Bertz CT molecular complexity index is 813. The highest BCUT2D eigenvalue weighted by atomic mass is 35.5. The van der Waals surface area contributed by atoms with Gasteiger partial charge in [0.15, 0.2) is 5.82 Å². The van der Waals surface area contributed by atoms with E-state index in [4.69, 9.17) is 11.6 Å². The second-order valence-electron chi connectivity index (χ2n) is 4.86. The van der Waals surface area contributed by atoms with Gasteiger partial charge in [0.1, 0.15) is 17.1 Å². The predicted octanol–water partition coefficient (Wildman–Crippen LogP) is 4.61. The molecular weight excluding hydrogens is 291 g/mol. The van der Waals surface area contributed by atoms with Gasteiger partial charge in [-0.3, -0.25) is 0 Å². The molecule has 0 amide bonds. The summed E-state index contributed by atoms with van der Waals surface area (Å²) < 4.78 is 15.9. The molecule has 3 rings (SSSR count). The lowest BCUT2D eigenvalue weighted by Crippen LogP contribution is -2.00. The second-order valence-corrected chi connectivity index (χ2v) is 5.27. The summed E-state index contributed by atoms with van der Waals surface area (Å²) in [5.41, 5.74) is 1.65. The zero-order valence-electron chi connectivity index (χ0n) is 11.5.